The van der Waals surface area contributed by atoms with Crippen molar-refractivity contribution in [1.82, 2.24) is 10.6 Å². The lowest BCUT2D eigenvalue weighted by Crippen LogP contribution is -2.48. The number of urea groups is 1. The zero-order valence-electron chi connectivity index (χ0n) is 11.9. The van der Waals surface area contributed by atoms with Crippen LogP contribution in [-0.2, 0) is 9.53 Å². The van der Waals surface area contributed by atoms with Crippen LogP contribution in [0.1, 0.15) is 32.6 Å². The summed E-state index contributed by atoms with van der Waals surface area (Å²) in [5.41, 5.74) is 0. The maximum atomic E-state index is 11.8. The summed E-state index contributed by atoms with van der Waals surface area (Å²) >= 11 is 0. The lowest BCUT2D eigenvalue weighted by Gasteiger charge is -2.27. The number of hydrogen-bond acceptors (Lipinski definition) is 3. The molecule has 0 bridgehead atoms. The van der Waals surface area contributed by atoms with Crippen LogP contribution in [0.25, 0.3) is 0 Å². The molecule has 4 unspecified atom stereocenters. The number of nitrogens with one attached hydrogen (secondary N) is 2. The minimum atomic E-state index is -0.922. The Bertz CT molecular complexity index is 361. The topological polar surface area (TPSA) is 87.7 Å². The maximum Gasteiger partial charge on any atom is 0.315 e. The summed E-state index contributed by atoms with van der Waals surface area (Å²) in [7, 11) is 0. The monoisotopic (exact) mass is 284 g/mol. The van der Waals surface area contributed by atoms with Crippen LogP contribution in [0.2, 0.25) is 0 Å². The highest BCUT2D eigenvalue weighted by molar-refractivity contribution is 5.77. The smallest absolute Gasteiger partial charge is 0.315 e. The van der Waals surface area contributed by atoms with Gasteiger partial charge >= 0.3 is 12.0 Å². The van der Waals surface area contributed by atoms with Gasteiger partial charge in [0.25, 0.3) is 0 Å². The summed E-state index contributed by atoms with van der Waals surface area (Å²) < 4.78 is 5.12. The number of carboxylic acid groups (broad SMARTS) is 1. The first-order valence-corrected chi connectivity index (χ1v) is 7.41. The second-order valence-corrected chi connectivity index (χ2v) is 6.08. The fourth-order valence-corrected chi connectivity index (χ4v) is 3.14. The van der Waals surface area contributed by atoms with E-state index in [2.05, 4.69) is 17.6 Å². The highest BCUT2D eigenvalue weighted by Crippen LogP contribution is 2.27. The minimum Gasteiger partial charge on any atom is -0.481 e. The van der Waals surface area contributed by atoms with Gasteiger partial charge in [-0.15, -0.1) is 0 Å². The van der Waals surface area contributed by atoms with E-state index in [1.807, 2.05) is 0 Å². The first kappa shape index (κ1) is 15.1. The maximum absolute atomic E-state index is 11.8. The van der Waals surface area contributed by atoms with Gasteiger partial charge < -0.3 is 20.5 Å². The quantitative estimate of drug-likeness (QED) is 0.724. The van der Waals surface area contributed by atoms with Gasteiger partial charge in [-0.25, -0.2) is 4.79 Å². The summed E-state index contributed by atoms with van der Waals surface area (Å²) in [5, 5.41) is 14.6. The number of ether oxygens (including phenoxy) is 1. The number of amides is 2. The molecule has 1 heterocycles. The van der Waals surface area contributed by atoms with E-state index in [1.165, 1.54) is 12.8 Å². The highest BCUT2D eigenvalue weighted by atomic mass is 16.5. The lowest BCUT2D eigenvalue weighted by atomic mass is 9.82. The van der Waals surface area contributed by atoms with Crippen LogP contribution in [-0.4, -0.2) is 42.9 Å². The molecule has 2 aliphatic rings. The fraction of sp³-hybridized carbons (Fsp3) is 0.857. The van der Waals surface area contributed by atoms with Crippen molar-refractivity contribution in [2.45, 2.75) is 38.6 Å². The summed E-state index contributed by atoms with van der Waals surface area (Å²) in [5.74, 6) is -0.290. The van der Waals surface area contributed by atoms with Crippen molar-refractivity contribution in [1.29, 1.82) is 0 Å². The first-order valence-electron chi connectivity index (χ1n) is 7.41. The fourth-order valence-electron chi connectivity index (χ4n) is 3.14. The third-order valence-electron chi connectivity index (χ3n) is 4.31. The van der Waals surface area contributed by atoms with E-state index < -0.39 is 17.9 Å². The van der Waals surface area contributed by atoms with Gasteiger partial charge in [0.05, 0.1) is 19.3 Å². The number of carbonyl (C=O) groups is 2. The van der Waals surface area contributed by atoms with Crippen LogP contribution in [0.4, 0.5) is 4.79 Å². The second-order valence-electron chi connectivity index (χ2n) is 6.08. The van der Waals surface area contributed by atoms with Crippen LogP contribution in [0.15, 0.2) is 0 Å². The number of hydrogen-bond donors (Lipinski definition) is 3. The average Bonchev–Trinajstić information content (AvgIpc) is 2.85. The molecule has 20 heavy (non-hydrogen) atoms. The van der Waals surface area contributed by atoms with Gasteiger partial charge in [-0.2, -0.15) is 0 Å². The Balaban J connectivity index is 1.71. The Morgan fingerprint density at radius 2 is 2.10 bits per heavy atom. The summed E-state index contributed by atoms with van der Waals surface area (Å²) in [6.07, 6.45) is 4.83. The molecule has 2 amide bonds. The van der Waals surface area contributed by atoms with Gasteiger partial charge in [0.2, 0.25) is 0 Å². The van der Waals surface area contributed by atoms with Gasteiger partial charge in [0, 0.05) is 6.54 Å². The molecule has 1 saturated heterocycles. The molecule has 1 aliphatic heterocycles. The minimum absolute atomic E-state index is 0.167. The number of aliphatic carboxylic acids is 1. The Labute approximate surface area is 119 Å². The van der Waals surface area contributed by atoms with Gasteiger partial charge in [-0.3, -0.25) is 4.79 Å². The molecule has 2 rings (SSSR count). The number of carboxylic acids is 1. The molecular weight excluding hydrogens is 260 g/mol. The van der Waals surface area contributed by atoms with E-state index in [0.29, 0.717) is 12.5 Å². The highest BCUT2D eigenvalue weighted by Gasteiger charge is 2.35. The van der Waals surface area contributed by atoms with Gasteiger partial charge in [-0.05, 0) is 24.7 Å². The Kier molecular flexibility index (Phi) is 5.23. The van der Waals surface area contributed by atoms with Crippen molar-refractivity contribution in [3.63, 3.8) is 0 Å². The first-order chi connectivity index (χ1) is 9.56. The summed E-state index contributed by atoms with van der Waals surface area (Å²) in [6, 6.07) is -0.720. The third kappa shape index (κ3) is 4.10. The van der Waals surface area contributed by atoms with Gasteiger partial charge in [-0.1, -0.05) is 19.8 Å². The number of carbonyl (C=O) groups excluding carboxylic acids is 1. The SMILES string of the molecule is CC1CCCC(CNC(=O)NC2COCC2C(=O)O)C1. The molecule has 4 atom stereocenters. The third-order valence-corrected chi connectivity index (χ3v) is 4.31. The molecule has 1 saturated carbocycles. The standard InChI is InChI=1S/C14H24N2O4/c1-9-3-2-4-10(5-9)6-15-14(19)16-12-8-20-7-11(12)13(17)18/h9-12H,2-8H2,1H3,(H,17,18)(H2,15,16,19). The van der Waals surface area contributed by atoms with Gasteiger partial charge in [0.15, 0.2) is 0 Å². The van der Waals surface area contributed by atoms with Crippen molar-refractivity contribution in [3.05, 3.63) is 0 Å². The molecule has 114 valence electrons. The molecular formula is C14H24N2O4. The van der Waals surface area contributed by atoms with Crippen molar-refractivity contribution in [3.8, 4) is 0 Å². The van der Waals surface area contributed by atoms with Crippen LogP contribution in [0.3, 0.4) is 0 Å². The van der Waals surface area contributed by atoms with Crippen LogP contribution in [0.5, 0.6) is 0 Å². The predicted octanol–water partition coefficient (Wildman–Crippen LogP) is 1.21. The van der Waals surface area contributed by atoms with E-state index in [0.717, 1.165) is 18.8 Å². The Hall–Kier alpha value is -1.30. The molecule has 6 nitrogen and oxygen atoms in total. The van der Waals surface area contributed by atoms with E-state index >= 15 is 0 Å². The van der Waals surface area contributed by atoms with Crippen molar-refractivity contribution >= 4 is 12.0 Å². The molecule has 2 fully saturated rings. The molecule has 0 radical (unpaired) electrons. The Morgan fingerprint density at radius 1 is 1.30 bits per heavy atom. The van der Waals surface area contributed by atoms with Crippen molar-refractivity contribution < 1.29 is 19.4 Å². The van der Waals surface area contributed by atoms with Crippen molar-refractivity contribution in [2.24, 2.45) is 17.8 Å². The average molecular weight is 284 g/mol. The largest absolute Gasteiger partial charge is 0.481 e. The lowest BCUT2D eigenvalue weighted by molar-refractivity contribution is -0.142. The number of rotatable bonds is 4. The summed E-state index contributed by atoms with van der Waals surface area (Å²) in [4.78, 5) is 22.8. The van der Waals surface area contributed by atoms with Crippen molar-refractivity contribution in [2.75, 3.05) is 19.8 Å². The normalized spacial score (nSPS) is 33.6. The molecule has 3 N–H and O–H groups in total. The summed E-state index contributed by atoms with van der Waals surface area (Å²) in [6.45, 7) is 3.35. The van der Waals surface area contributed by atoms with E-state index in [4.69, 9.17) is 9.84 Å². The second kappa shape index (κ2) is 6.92. The van der Waals surface area contributed by atoms with E-state index in [1.54, 1.807) is 0 Å². The van der Waals surface area contributed by atoms with E-state index in [9.17, 15) is 9.59 Å². The van der Waals surface area contributed by atoms with Crippen LogP contribution < -0.4 is 10.6 Å². The molecule has 0 aromatic heterocycles. The zero-order valence-corrected chi connectivity index (χ0v) is 11.9. The zero-order chi connectivity index (χ0) is 14.5. The van der Waals surface area contributed by atoms with E-state index in [-0.39, 0.29) is 19.2 Å². The van der Waals surface area contributed by atoms with Crippen LogP contribution >= 0.6 is 0 Å². The predicted molar refractivity (Wildman–Crippen MR) is 73.4 cm³/mol. The molecule has 0 aromatic carbocycles. The molecule has 1 aliphatic carbocycles. The van der Waals surface area contributed by atoms with Crippen LogP contribution in [0, 0.1) is 17.8 Å². The molecule has 0 spiro atoms. The molecule has 6 heteroatoms. The molecule has 0 aromatic rings. The Morgan fingerprint density at radius 3 is 2.80 bits per heavy atom. The van der Waals surface area contributed by atoms with Gasteiger partial charge in [0.1, 0.15) is 5.92 Å².